The fourth-order valence-electron chi connectivity index (χ4n) is 3.29. The molecular formula is C15H27N3O3. The van der Waals surface area contributed by atoms with Crippen molar-refractivity contribution in [3.05, 3.63) is 0 Å². The van der Waals surface area contributed by atoms with E-state index < -0.39 is 11.4 Å². The molecule has 1 N–H and O–H groups in total. The van der Waals surface area contributed by atoms with E-state index in [2.05, 4.69) is 11.9 Å². The van der Waals surface area contributed by atoms with E-state index in [1.807, 2.05) is 7.05 Å². The van der Waals surface area contributed by atoms with Gasteiger partial charge in [-0.2, -0.15) is 0 Å². The van der Waals surface area contributed by atoms with Crippen LogP contribution in [0.4, 0.5) is 4.79 Å². The molecule has 0 radical (unpaired) electrons. The third-order valence-corrected chi connectivity index (χ3v) is 5.00. The third-order valence-electron chi connectivity index (χ3n) is 5.00. The van der Waals surface area contributed by atoms with Crippen LogP contribution in [-0.2, 0) is 4.79 Å². The van der Waals surface area contributed by atoms with Gasteiger partial charge in [-0.15, -0.1) is 0 Å². The number of hydrogen-bond acceptors (Lipinski definition) is 3. The Morgan fingerprint density at radius 3 is 2.38 bits per heavy atom. The first-order valence-corrected chi connectivity index (χ1v) is 7.74. The first-order valence-electron chi connectivity index (χ1n) is 7.74. The van der Waals surface area contributed by atoms with Gasteiger partial charge in [-0.05, 0) is 45.7 Å². The zero-order chi connectivity index (χ0) is 15.6. The highest BCUT2D eigenvalue weighted by atomic mass is 16.4. The van der Waals surface area contributed by atoms with Gasteiger partial charge in [-0.3, -0.25) is 4.79 Å². The Labute approximate surface area is 126 Å². The molecule has 0 aromatic rings. The second-order valence-electron chi connectivity index (χ2n) is 6.93. The summed E-state index contributed by atoms with van der Waals surface area (Å²) < 4.78 is 0. The minimum absolute atomic E-state index is 0.0389. The lowest BCUT2D eigenvalue weighted by Crippen LogP contribution is -2.50. The normalized spacial score (nSPS) is 25.9. The molecule has 21 heavy (non-hydrogen) atoms. The molecule has 2 amide bonds. The number of carbonyl (C=O) groups excluding carboxylic acids is 1. The molecule has 0 aromatic carbocycles. The number of carbonyl (C=O) groups is 2. The second-order valence-corrected chi connectivity index (χ2v) is 6.93. The van der Waals surface area contributed by atoms with Gasteiger partial charge in [0.05, 0.1) is 5.41 Å². The second kappa shape index (κ2) is 6.22. The minimum Gasteiger partial charge on any atom is -0.481 e. The number of rotatable bonds is 3. The van der Waals surface area contributed by atoms with Crippen LogP contribution in [0.2, 0.25) is 0 Å². The summed E-state index contributed by atoms with van der Waals surface area (Å²) in [6.45, 7) is 5.79. The minimum atomic E-state index is -0.753. The molecule has 6 heteroatoms. The largest absolute Gasteiger partial charge is 0.481 e. The SMILES string of the molecule is CN1CCC(CN(C)C(=O)N2CCC(C)(C(=O)O)CC2)C1. The number of hydrogen-bond donors (Lipinski definition) is 1. The summed E-state index contributed by atoms with van der Waals surface area (Å²) in [4.78, 5) is 29.6. The van der Waals surface area contributed by atoms with Crippen molar-refractivity contribution >= 4 is 12.0 Å². The fourth-order valence-corrected chi connectivity index (χ4v) is 3.29. The molecule has 0 saturated carbocycles. The Kier molecular flexibility index (Phi) is 4.76. The Bertz CT molecular complexity index is 405. The van der Waals surface area contributed by atoms with E-state index >= 15 is 0 Å². The van der Waals surface area contributed by atoms with Gasteiger partial charge in [0.2, 0.25) is 0 Å². The third kappa shape index (κ3) is 3.67. The summed E-state index contributed by atoms with van der Waals surface area (Å²) in [5.74, 6) is -0.199. The molecule has 6 nitrogen and oxygen atoms in total. The van der Waals surface area contributed by atoms with Crippen molar-refractivity contribution < 1.29 is 14.7 Å². The Morgan fingerprint density at radius 1 is 1.29 bits per heavy atom. The van der Waals surface area contributed by atoms with Crippen LogP contribution >= 0.6 is 0 Å². The highest BCUT2D eigenvalue weighted by molar-refractivity contribution is 5.77. The summed E-state index contributed by atoms with van der Waals surface area (Å²) in [5.41, 5.74) is -0.677. The summed E-state index contributed by atoms with van der Waals surface area (Å²) in [5, 5.41) is 9.23. The van der Waals surface area contributed by atoms with Gasteiger partial charge >= 0.3 is 12.0 Å². The maximum Gasteiger partial charge on any atom is 0.319 e. The highest BCUT2D eigenvalue weighted by Crippen LogP contribution is 2.31. The van der Waals surface area contributed by atoms with Crippen molar-refractivity contribution in [1.29, 1.82) is 0 Å². The number of carboxylic acid groups (broad SMARTS) is 1. The fraction of sp³-hybridized carbons (Fsp3) is 0.867. The molecule has 0 spiro atoms. The number of piperidine rings is 1. The standard InChI is InChI=1S/C15H27N3O3/c1-15(13(19)20)5-8-18(9-6-15)14(21)17(3)11-12-4-7-16(2)10-12/h12H,4-11H2,1-3H3,(H,19,20). The Morgan fingerprint density at radius 2 is 1.90 bits per heavy atom. The number of likely N-dealkylation sites (tertiary alicyclic amines) is 2. The van der Waals surface area contributed by atoms with E-state index in [4.69, 9.17) is 0 Å². The summed E-state index contributed by atoms with van der Waals surface area (Å²) in [7, 11) is 3.96. The molecule has 2 rings (SSSR count). The zero-order valence-corrected chi connectivity index (χ0v) is 13.3. The maximum atomic E-state index is 12.4. The maximum absolute atomic E-state index is 12.4. The van der Waals surface area contributed by atoms with Crippen LogP contribution in [0.3, 0.4) is 0 Å². The van der Waals surface area contributed by atoms with Crippen LogP contribution in [0, 0.1) is 11.3 Å². The van der Waals surface area contributed by atoms with Crippen LogP contribution in [0.25, 0.3) is 0 Å². The molecule has 0 aliphatic carbocycles. The van der Waals surface area contributed by atoms with Crippen LogP contribution in [0.5, 0.6) is 0 Å². The van der Waals surface area contributed by atoms with Crippen LogP contribution < -0.4 is 0 Å². The Hall–Kier alpha value is -1.30. The van der Waals surface area contributed by atoms with E-state index in [1.165, 1.54) is 0 Å². The molecule has 120 valence electrons. The molecular weight excluding hydrogens is 270 g/mol. The van der Waals surface area contributed by atoms with Gasteiger partial charge in [-0.25, -0.2) is 4.79 Å². The lowest BCUT2D eigenvalue weighted by Gasteiger charge is -2.38. The van der Waals surface area contributed by atoms with Crippen molar-refractivity contribution in [3.8, 4) is 0 Å². The lowest BCUT2D eigenvalue weighted by atomic mass is 9.80. The summed E-state index contributed by atoms with van der Waals surface area (Å²) >= 11 is 0. The van der Waals surface area contributed by atoms with Crippen molar-refractivity contribution in [3.63, 3.8) is 0 Å². The molecule has 2 heterocycles. The lowest BCUT2D eigenvalue weighted by molar-refractivity contribution is -0.150. The smallest absolute Gasteiger partial charge is 0.319 e. The number of urea groups is 1. The molecule has 0 bridgehead atoms. The number of nitrogens with zero attached hydrogens (tertiary/aromatic N) is 3. The predicted octanol–water partition coefficient (Wildman–Crippen LogP) is 1.18. The van der Waals surface area contributed by atoms with Gasteiger partial charge in [0, 0.05) is 33.2 Å². The van der Waals surface area contributed by atoms with E-state index in [0.717, 1.165) is 26.1 Å². The molecule has 2 saturated heterocycles. The summed E-state index contributed by atoms with van der Waals surface area (Å²) in [6.07, 6.45) is 2.22. The van der Waals surface area contributed by atoms with Crippen LogP contribution in [0.1, 0.15) is 26.2 Å². The van der Waals surface area contributed by atoms with Crippen LogP contribution in [0.15, 0.2) is 0 Å². The molecule has 2 fully saturated rings. The quantitative estimate of drug-likeness (QED) is 0.849. The summed E-state index contributed by atoms with van der Waals surface area (Å²) in [6, 6.07) is 0.0389. The van der Waals surface area contributed by atoms with E-state index in [9.17, 15) is 14.7 Å². The van der Waals surface area contributed by atoms with Crippen molar-refractivity contribution in [2.24, 2.45) is 11.3 Å². The van der Waals surface area contributed by atoms with Crippen molar-refractivity contribution in [2.45, 2.75) is 26.2 Å². The molecule has 2 aliphatic heterocycles. The van der Waals surface area contributed by atoms with Gasteiger partial charge in [0.25, 0.3) is 0 Å². The van der Waals surface area contributed by atoms with Gasteiger partial charge in [0.1, 0.15) is 0 Å². The monoisotopic (exact) mass is 297 g/mol. The zero-order valence-electron chi connectivity index (χ0n) is 13.3. The number of carboxylic acids is 1. The van der Waals surface area contributed by atoms with Gasteiger partial charge in [0.15, 0.2) is 0 Å². The Balaban J connectivity index is 1.82. The van der Waals surface area contributed by atoms with E-state index in [0.29, 0.717) is 31.8 Å². The molecule has 0 aromatic heterocycles. The van der Waals surface area contributed by atoms with Crippen LogP contribution in [-0.4, -0.2) is 78.6 Å². The van der Waals surface area contributed by atoms with Gasteiger partial charge in [-0.1, -0.05) is 0 Å². The predicted molar refractivity (Wildman–Crippen MR) is 80.2 cm³/mol. The first kappa shape index (κ1) is 16.1. The van der Waals surface area contributed by atoms with Crippen molar-refractivity contribution in [2.75, 3.05) is 46.8 Å². The van der Waals surface area contributed by atoms with E-state index in [-0.39, 0.29) is 6.03 Å². The van der Waals surface area contributed by atoms with Gasteiger partial charge < -0.3 is 19.8 Å². The number of amides is 2. The average Bonchev–Trinajstić information content (AvgIpc) is 2.84. The first-order chi connectivity index (χ1) is 9.82. The molecule has 1 atom stereocenters. The number of aliphatic carboxylic acids is 1. The molecule has 2 aliphatic rings. The van der Waals surface area contributed by atoms with E-state index in [1.54, 1.807) is 16.7 Å². The average molecular weight is 297 g/mol. The highest BCUT2D eigenvalue weighted by Gasteiger charge is 2.38. The molecule has 1 unspecified atom stereocenters. The topological polar surface area (TPSA) is 64.1 Å². The van der Waals surface area contributed by atoms with Crippen molar-refractivity contribution in [1.82, 2.24) is 14.7 Å².